The molecule has 0 fully saturated rings. The smallest absolute Gasteiger partial charge is 0.123 e. The second-order valence-corrected chi connectivity index (χ2v) is 5.78. The molecule has 0 bridgehead atoms. The highest BCUT2D eigenvalue weighted by Crippen LogP contribution is 2.31. The lowest BCUT2D eigenvalue weighted by Gasteiger charge is -2.26. The predicted molar refractivity (Wildman–Crippen MR) is 79.0 cm³/mol. The van der Waals surface area contributed by atoms with Crippen LogP contribution in [0.3, 0.4) is 0 Å². The maximum atomic E-state index is 13.1. The summed E-state index contributed by atoms with van der Waals surface area (Å²) in [7, 11) is 0. The first-order chi connectivity index (χ1) is 8.41. The van der Waals surface area contributed by atoms with Gasteiger partial charge in [-0.15, -0.1) is 0 Å². The molecule has 2 aromatic rings. The van der Waals surface area contributed by atoms with E-state index in [2.05, 4.69) is 22.6 Å². The van der Waals surface area contributed by atoms with Crippen LogP contribution in [0.25, 0.3) is 0 Å². The monoisotopic (exact) mass is 356 g/mol. The summed E-state index contributed by atoms with van der Waals surface area (Å²) in [4.78, 5) is 0. The fourth-order valence-corrected chi connectivity index (χ4v) is 2.46. The molecule has 1 atom stereocenters. The van der Waals surface area contributed by atoms with Gasteiger partial charge in [0.15, 0.2) is 0 Å². The first-order valence-electron chi connectivity index (χ1n) is 5.66. The Bertz CT molecular complexity index is 561. The zero-order valence-corrected chi connectivity index (χ0v) is 12.4. The van der Waals surface area contributed by atoms with Crippen LogP contribution in [0.4, 0.5) is 4.39 Å². The average molecular weight is 356 g/mol. The van der Waals surface area contributed by atoms with Crippen LogP contribution in [0.5, 0.6) is 0 Å². The Labute approximate surface area is 120 Å². The van der Waals surface area contributed by atoms with E-state index in [4.69, 9.17) is 0 Å². The summed E-state index contributed by atoms with van der Waals surface area (Å²) in [5.74, 6) is -0.283. The molecule has 0 radical (unpaired) electrons. The summed E-state index contributed by atoms with van der Waals surface area (Å²) in [5, 5.41) is 10.7. The molecule has 0 saturated carbocycles. The van der Waals surface area contributed by atoms with Crippen molar-refractivity contribution in [2.24, 2.45) is 0 Å². The maximum absolute atomic E-state index is 13.1. The Morgan fingerprint density at radius 2 is 1.72 bits per heavy atom. The molecule has 2 aromatic carbocycles. The van der Waals surface area contributed by atoms with Gasteiger partial charge < -0.3 is 5.11 Å². The van der Waals surface area contributed by atoms with Gasteiger partial charge in [0, 0.05) is 3.57 Å². The standard InChI is InChI=1S/C15H14FIO/c1-10-9-12(16)5-8-14(10)15(2,18)11-3-6-13(17)7-4-11/h3-9,18H,1-2H3. The van der Waals surface area contributed by atoms with E-state index in [1.165, 1.54) is 12.1 Å². The molecule has 94 valence electrons. The lowest BCUT2D eigenvalue weighted by molar-refractivity contribution is 0.101. The zero-order chi connectivity index (χ0) is 13.3. The minimum absolute atomic E-state index is 0.283. The van der Waals surface area contributed by atoms with Crippen LogP contribution >= 0.6 is 22.6 Å². The molecule has 0 heterocycles. The van der Waals surface area contributed by atoms with E-state index in [-0.39, 0.29) is 5.82 Å². The van der Waals surface area contributed by atoms with Gasteiger partial charge in [-0.05, 0) is 77.4 Å². The van der Waals surface area contributed by atoms with Crippen molar-refractivity contribution in [2.45, 2.75) is 19.4 Å². The molecule has 0 saturated heterocycles. The Morgan fingerprint density at radius 3 is 2.28 bits per heavy atom. The van der Waals surface area contributed by atoms with Crippen molar-refractivity contribution in [3.8, 4) is 0 Å². The SMILES string of the molecule is Cc1cc(F)ccc1C(C)(O)c1ccc(I)cc1. The average Bonchev–Trinajstić information content (AvgIpc) is 2.29. The summed E-state index contributed by atoms with van der Waals surface area (Å²) in [5.41, 5.74) is 1.17. The molecular formula is C15H14FIO. The van der Waals surface area contributed by atoms with Crippen molar-refractivity contribution in [3.63, 3.8) is 0 Å². The van der Waals surface area contributed by atoms with Crippen LogP contribution in [-0.4, -0.2) is 5.11 Å². The molecular weight excluding hydrogens is 342 g/mol. The van der Waals surface area contributed by atoms with Crippen molar-refractivity contribution in [1.29, 1.82) is 0 Å². The lowest BCUT2D eigenvalue weighted by Crippen LogP contribution is -2.24. The molecule has 0 spiro atoms. The topological polar surface area (TPSA) is 20.2 Å². The van der Waals surface area contributed by atoms with Gasteiger partial charge >= 0.3 is 0 Å². The molecule has 0 aliphatic carbocycles. The van der Waals surface area contributed by atoms with Crippen molar-refractivity contribution < 1.29 is 9.50 Å². The van der Waals surface area contributed by atoms with Crippen molar-refractivity contribution in [1.82, 2.24) is 0 Å². The Morgan fingerprint density at radius 1 is 1.11 bits per heavy atom. The number of aliphatic hydroxyl groups is 1. The second-order valence-electron chi connectivity index (χ2n) is 4.54. The van der Waals surface area contributed by atoms with Crippen LogP contribution < -0.4 is 0 Å². The van der Waals surface area contributed by atoms with Crippen molar-refractivity contribution in [3.05, 3.63) is 68.5 Å². The molecule has 1 nitrogen and oxygen atoms in total. The van der Waals surface area contributed by atoms with Gasteiger partial charge in [-0.2, -0.15) is 0 Å². The second kappa shape index (κ2) is 4.97. The van der Waals surface area contributed by atoms with E-state index >= 15 is 0 Å². The van der Waals surface area contributed by atoms with E-state index < -0.39 is 5.60 Å². The summed E-state index contributed by atoms with van der Waals surface area (Å²) in [6.07, 6.45) is 0. The third-order valence-corrected chi connectivity index (χ3v) is 3.84. The van der Waals surface area contributed by atoms with E-state index in [0.717, 1.165) is 20.3 Å². The molecule has 0 aromatic heterocycles. The van der Waals surface area contributed by atoms with E-state index in [1.54, 1.807) is 19.9 Å². The molecule has 0 amide bonds. The number of benzene rings is 2. The predicted octanol–water partition coefficient (Wildman–Crippen LogP) is 3.99. The summed E-state index contributed by atoms with van der Waals surface area (Å²) >= 11 is 2.22. The van der Waals surface area contributed by atoms with Gasteiger partial charge in [-0.25, -0.2) is 4.39 Å². The summed E-state index contributed by atoms with van der Waals surface area (Å²) in [6, 6.07) is 12.1. The number of aryl methyl sites for hydroxylation is 1. The van der Waals surface area contributed by atoms with Crippen LogP contribution in [0, 0.1) is 16.3 Å². The minimum atomic E-state index is -1.11. The van der Waals surface area contributed by atoms with Crippen LogP contribution in [0.1, 0.15) is 23.6 Å². The minimum Gasteiger partial charge on any atom is -0.381 e. The Hall–Kier alpha value is -0.940. The van der Waals surface area contributed by atoms with Gasteiger partial charge in [0.2, 0.25) is 0 Å². The van der Waals surface area contributed by atoms with Gasteiger partial charge in [0.1, 0.15) is 11.4 Å². The number of rotatable bonds is 2. The molecule has 0 aliphatic rings. The number of halogens is 2. The Balaban J connectivity index is 2.50. The Kier molecular flexibility index (Phi) is 3.73. The maximum Gasteiger partial charge on any atom is 0.123 e. The molecule has 1 unspecified atom stereocenters. The van der Waals surface area contributed by atoms with Crippen molar-refractivity contribution >= 4 is 22.6 Å². The quantitative estimate of drug-likeness (QED) is 0.807. The van der Waals surface area contributed by atoms with Crippen LogP contribution in [0.2, 0.25) is 0 Å². The van der Waals surface area contributed by atoms with E-state index in [1.807, 2.05) is 24.3 Å². The van der Waals surface area contributed by atoms with Gasteiger partial charge in [0.05, 0.1) is 0 Å². The van der Waals surface area contributed by atoms with Crippen molar-refractivity contribution in [2.75, 3.05) is 0 Å². The number of hydrogen-bond acceptors (Lipinski definition) is 1. The highest BCUT2D eigenvalue weighted by Gasteiger charge is 2.27. The summed E-state index contributed by atoms with van der Waals surface area (Å²) < 4.78 is 14.2. The summed E-state index contributed by atoms with van der Waals surface area (Å²) in [6.45, 7) is 3.54. The zero-order valence-electron chi connectivity index (χ0n) is 10.2. The van der Waals surface area contributed by atoms with Gasteiger partial charge in [-0.1, -0.05) is 18.2 Å². The highest BCUT2D eigenvalue weighted by molar-refractivity contribution is 14.1. The van der Waals surface area contributed by atoms with E-state index in [0.29, 0.717) is 0 Å². The lowest BCUT2D eigenvalue weighted by atomic mass is 9.86. The fraction of sp³-hybridized carbons (Fsp3) is 0.200. The third kappa shape index (κ3) is 2.57. The molecule has 3 heteroatoms. The third-order valence-electron chi connectivity index (χ3n) is 3.12. The van der Waals surface area contributed by atoms with Gasteiger partial charge in [0.25, 0.3) is 0 Å². The first kappa shape index (κ1) is 13.5. The first-order valence-corrected chi connectivity index (χ1v) is 6.74. The van der Waals surface area contributed by atoms with Crippen LogP contribution in [-0.2, 0) is 5.60 Å². The molecule has 2 rings (SSSR count). The number of hydrogen-bond donors (Lipinski definition) is 1. The largest absolute Gasteiger partial charge is 0.381 e. The highest BCUT2D eigenvalue weighted by atomic mass is 127. The fourth-order valence-electron chi connectivity index (χ4n) is 2.10. The van der Waals surface area contributed by atoms with Crippen LogP contribution in [0.15, 0.2) is 42.5 Å². The molecule has 18 heavy (non-hydrogen) atoms. The van der Waals surface area contributed by atoms with E-state index in [9.17, 15) is 9.50 Å². The van der Waals surface area contributed by atoms with Gasteiger partial charge in [-0.3, -0.25) is 0 Å². The normalized spacial score (nSPS) is 14.3. The molecule has 0 aliphatic heterocycles. The molecule has 1 N–H and O–H groups in total.